The second-order valence-corrected chi connectivity index (χ2v) is 5.23. The number of nitrogens with zero attached hydrogens (tertiary/aromatic N) is 2. The van der Waals surface area contributed by atoms with Crippen molar-refractivity contribution in [3.8, 4) is 0 Å². The summed E-state index contributed by atoms with van der Waals surface area (Å²) in [6.45, 7) is 5.32. The van der Waals surface area contributed by atoms with Crippen LogP contribution < -0.4 is 5.73 Å². The SMILES string of the molecule is CCC1CCC(C)N1Cc1nc(N)ccc1Cl. The zero-order chi connectivity index (χ0) is 12.4. The van der Waals surface area contributed by atoms with E-state index in [2.05, 4.69) is 23.7 Å². The molecular formula is C13H20ClN3. The molecule has 1 aromatic heterocycles. The van der Waals surface area contributed by atoms with Crippen LogP contribution in [0.25, 0.3) is 0 Å². The molecule has 0 aromatic carbocycles. The van der Waals surface area contributed by atoms with Gasteiger partial charge in [0.1, 0.15) is 5.82 Å². The zero-order valence-corrected chi connectivity index (χ0v) is 11.2. The lowest BCUT2D eigenvalue weighted by Crippen LogP contribution is -2.34. The summed E-state index contributed by atoms with van der Waals surface area (Å²) in [5, 5.41) is 0.716. The molecule has 94 valence electrons. The van der Waals surface area contributed by atoms with E-state index in [0.29, 0.717) is 22.9 Å². The molecule has 1 fully saturated rings. The average molecular weight is 254 g/mol. The van der Waals surface area contributed by atoms with E-state index in [1.54, 1.807) is 6.07 Å². The molecule has 2 atom stereocenters. The van der Waals surface area contributed by atoms with Crippen LogP contribution in [0.5, 0.6) is 0 Å². The Bertz CT molecular complexity index is 394. The Kier molecular flexibility index (Phi) is 3.89. The van der Waals surface area contributed by atoms with Crippen molar-refractivity contribution in [2.75, 3.05) is 5.73 Å². The van der Waals surface area contributed by atoms with Crippen molar-refractivity contribution in [3.63, 3.8) is 0 Å². The number of hydrogen-bond donors (Lipinski definition) is 1. The lowest BCUT2D eigenvalue weighted by Gasteiger charge is -2.27. The van der Waals surface area contributed by atoms with Crippen LogP contribution in [0, 0.1) is 0 Å². The van der Waals surface area contributed by atoms with Crippen LogP contribution in [0.1, 0.15) is 38.8 Å². The molecule has 0 bridgehead atoms. The first-order valence-corrected chi connectivity index (χ1v) is 6.66. The first-order chi connectivity index (χ1) is 8.11. The minimum absolute atomic E-state index is 0.546. The molecule has 0 amide bonds. The van der Waals surface area contributed by atoms with E-state index in [1.165, 1.54) is 19.3 Å². The van der Waals surface area contributed by atoms with Crippen molar-refractivity contribution in [1.29, 1.82) is 0 Å². The summed E-state index contributed by atoms with van der Waals surface area (Å²) in [7, 11) is 0. The maximum Gasteiger partial charge on any atom is 0.123 e. The molecule has 2 N–H and O–H groups in total. The molecule has 1 aliphatic rings. The lowest BCUT2D eigenvalue weighted by atomic mass is 10.1. The molecule has 17 heavy (non-hydrogen) atoms. The summed E-state index contributed by atoms with van der Waals surface area (Å²) in [6, 6.07) is 4.85. The number of pyridine rings is 1. The van der Waals surface area contributed by atoms with Gasteiger partial charge in [0.2, 0.25) is 0 Å². The van der Waals surface area contributed by atoms with E-state index in [-0.39, 0.29) is 0 Å². The highest BCUT2D eigenvalue weighted by molar-refractivity contribution is 6.31. The Hall–Kier alpha value is -0.800. The predicted octanol–water partition coefficient (Wildman–Crippen LogP) is 3.08. The van der Waals surface area contributed by atoms with Gasteiger partial charge in [-0.1, -0.05) is 18.5 Å². The van der Waals surface area contributed by atoms with E-state index in [0.717, 1.165) is 12.2 Å². The minimum atomic E-state index is 0.546. The maximum absolute atomic E-state index is 6.17. The summed E-state index contributed by atoms with van der Waals surface area (Å²) < 4.78 is 0. The number of nitrogens with two attached hydrogens (primary N) is 1. The van der Waals surface area contributed by atoms with Crippen LogP contribution in [0.3, 0.4) is 0 Å². The molecule has 2 unspecified atom stereocenters. The van der Waals surface area contributed by atoms with Crippen LogP contribution in [0.4, 0.5) is 5.82 Å². The van der Waals surface area contributed by atoms with E-state index >= 15 is 0 Å². The topological polar surface area (TPSA) is 42.2 Å². The summed E-state index contributed by atoms with van der Waals surface area (Å²) in [6.07, 6.45) is 3.72. The van der Waals surface area contributed by atoms with Gasteiger partial charge in [-0.25, -0.2) is 4.98 Å². The molecule has 2 heterocycles. The molecule has 1 aromatic rings. The Morgan fingerprint density at radius 1 is 1.47 bits per heavy atom. The fourth-order valence-electron chi connectivity index (χ4n) is 2.63. The van der Waals surface area contributed by atoms with Crippen LogP contribution in [-0.2, 0) is 6.54 Å². The third kappa shape index (κ3) is 2.72. The van der Waals surface area contributed by atoms with Crippen LogP contribution in [0.2, 0.25) is 5.02 Å². The van der Waals surface area contributed by atoms with Crippen molar-refractivity contribution in [2.45, 2.75) is 51.7 Å². The largest absolute Gasteiger partial charge is 0.384 e. The van der Waals surface area contributed by atoms with E-state index in [4.69, 9.17) is 17.3 Å². The lowest BCUT2D eigenvalue weighted by molar-refractivity contribution is 0.187. The summed E-state index contributed by atoms with van der Waals surface area (Å²) in [4.78, 5) is 6.84. The van der Waals surface area contributed by atoms with Gasteiger partial charge < -0.3 is 5.73 Å². The monoisotopic (exact) mass is 253 g/mol. The Labute approximate surface area is 108 Å². The van der Waals surface area contributed by atoms with Gasteiger partial charge in [0, 0.05) is 18.6 Å². The zero-order valence-electron chi connectivity index (χ0n) is 10.5. The number of aromatic nitrogens is 1. The Morgan fingerprint density at radius 2 is 2.24 bits per heavy atom. The number of hydrogen-bond acceptors (Lipinski definition) is 3. The normalized spacial score (nSPS) is 25.4. The average Bonchev–Trinajstić information content (AvgIpc) is 2.65. The standard InChI is InChI=1S/C13H20ClN3/c1-3-10-5-4-9(2)17(10)8-12-11(14)6-7-13(15)16-12/h6-7,9-10H,3-5,8H2,1-2H3,(H2,15,16). The molecule has 0 saturated carbocycles. The smallest absolute Gasteiger partial charge is 0.123 e. The predicted molar refractivity (Wildman–Crippen MR) is 72.0 cm³/mol. The second kappa shape index (κ2) is 5.23. The van der Waals surface area contributed by atoms with E-state index in [1.807, 2.05) is 6.07 Å². The maximum atomic E-state index is 6.17. The number of anilines is 1. The molecule has 3 nitrogen and oxygen atoms in total. The van der Waals surface area contributed by atoms with Gasteiger partial charge in [0.05, 0.1) is 10.7 Å². The second-order valence-electron chi connectivity index (χ2n) is 4.83. The fraction of sp³-hybridized carbons (Fsp3) is 0.615. The number of rotatable bonds is 3. The van der Waals surface area contributed by atoms with Crippen molar-refractivity contribution in [1.82, 2.24) is 9.88 Å². The number of likely N-dealkylation sites (tertiary alicyclic amines) is 1. The van der Waals surface area contributed by atoms with E-state index in [9.17, 15) is 0 Å². The molecule has 1 saturated heterocycles. The first kappa shape index (κ1) is 12.7. The van der Waals surface area contributed by atoms with Crippen LogP contribution in [-0.4, -0.2) is 22.0 Å². The molecule has 0 aliphatic carbocycles. The van der Waals surface area contributed by atoms with E-state index < -0.39 is 0 Å². The molecule has 4 heteroatoms. The fourth-order valence-corrected chi connectivity index (χ4v) is 2.80. The molecule has 0 spiro atoms. The van der Waals surface area contributed by atoms with Crippen LogP contribution in [0.15, 0.2) is 12.1 Å². The quantitative estimate of drug-likeness (QED) is 0.900. The summed E-state index contributed by atoms with van der Waals surface area (Å²) in [5.74, 6) is 0.546. The Balaban J connectivity index is 2.16. The van der Waals surface area contributed by atoms with Crippen molar-refractivity contribution in [2.24, 2.45) is 0 Å². The van der Waals surface area contributed by atoms with Gasteiger partial charge in [0.25, 0.3) is 0 Å². The molecule has 2 rings (SSSR count). The van der Waals surface area contributed by atoms with Gasteiger partial charge in [-0.3, -0.25) is 4.90 Å². The highest BCUT2D eigenvalue weighted by Gasteiger charge is 2.29. The van der Waals surface area contributed by atoms with Crippen LogP contribution >= 0.6 is 11.6 Å². The van der Waals surface area contributed by atoms with Gasteiger partial charge in [0.15, 0.2) is 0 Å². The van der Waals surface area contributed by atoms with Gasteiger partial charge in [-0.05, 0) is 38.3 Å². The van der Waals surface area contributed by atoms with Gasteiger partial charge >= 0.3 is 0 Å². The van der Waals surface area contributed by atoms with Crippen molar-refractivity contribution in [3.05, 3.63) is 22.8 Å². The molecule has 1 aliphatic heterocycles. The first-order valence-electron chi connectivity index (χ1n) is 6.28. The highest BCUT2D eigenvalue weighted by atomic mass is 35.5. The van der Waals surface area contributed by atoms with Gasteiger partial charge in [-0.2, -0.15) is 0 Å². The molecular weight excluding hydrogens is 234 g/mol. The Morgan fingerprint density at radius 3 is 2.94 bits per heavy atom. The van der Waals surface area contributed by atoms with Crippen molar-refractivity contribution < 1.29 is 0 Å². The summed E-state index contributed by atoms with van der Waals surface area (Å²) >= 11 is 6.17. The number of halogens is 1. The third-order valence-corrected chi connectivity index (χ3v) is 4.04. The number of nitrogen functional groups attached to an aromatic ring is 1. The minimum Gasteiger partial charge on any atom is -0.384 e. The summed E-state index contributed by atoms with van der Waals surface area (Å²) in [5.41, 5.74) is 6.62. The third-order valence-electron chi connectivity index (χ3n) is 3.70. The van der Waals surface area contributed by atoms with Gasteiger partial charge in [-0.15, -0.1) is 0 Å². The highest BCUT2D eigenvalue weighted by Crippen LogP contribution is 2.29. The van der Waals surface area contributed by atoms with Crippen molar-refractivity contribution >= 4 is 17.4 Å². The molecule has 0 radical (unpaired) electrons.